The molecule has 0 atom stereocenters. The van der Waals surface area contributed by atoms with Gasteiger partial charge in [-0.05, 0) is 30.9 Å². The van der Waals surface area contributed by atoms with Crippen LogP contribution in [0.15, 0.2) is 42.7 Å². The molecular weight excluding hydrogens is 284 g/mol. The molecule has 98 valence electrons. The van der Waals surface area contributed by atoms with Crippen molar-refractivity contribution < 1.29 is 9.53 Å². The van der Waals surface area contributed by atoms with Gasteiger partial charge in [-0.15, -0.1) is 35.3 Å². The average molecular weight is 300 g/mol. The van der Waals surface area contributed by atoms with E-state index in [1.807, 2.05) is 37.0 Å². The van der Waals surface area contributed by atoms with Gasteiger partial charge >= 0.3 is 5.97 Å². The molecule has 0 aliphatic carbocycles. The van der Waals surface area contributed by atoms with Crippen LogP contribution in [0.25, 0.3) is 0 Å². The molecule has 18 heavy (non-hydrogen) atoms. The lowest BCUT2D eigenvalue weighted by Gasteiger charge is -2.28. The van der Waals surface area contributed by atoms with Crippen LogP contribution >= 0.6 is 35.3 Å². The Labute approximate surface area is 121 Å². The summed E-state index contributed by atoms with van der Waals surface area (Å²) in [4.78, 5) is 11.9. The normalized spacial score (nSPS) is 11.1. The minimum atomic E-state index is -0.359. The van der Waals surface area contributed by atoms with E-state index < -0.39 is 0 Å². The largest absolute Gasteiger partial charge is 0.425 e. The Morgan fingerprint density at radius 3 is 2.06 bits per heavy atom. The topological polar surface area (TPSA) is 26.3 Å². The fraction of sp³-hybridized carbons (Fsp3) is 0.308. The molecule has 1 aromatic rings. The van der Waals surface area contributed by atoms with Gasteiger partial charge in [-0.2, -0.15) is 0 Å². The predicted molar refractivity (Wildman–Crippen MR) is 84.3 cm³/mol. The summed E-state index contributed by atoms with van der Waals surface area (Å²) in [6.07, 6.45) is 5.94. The molecule has 0 radical (unpaired) electrons. The molecular formula is C13H16O2S3. The van der Waals surface area contributed by atoms with E-state index in [2.05, 4.69) is 6.58 Å². The van der Waals surface area contributed by atoms with Gasteiger partial charge in [0.05, 0.1) is 5.56 Å². The maximum Gasteiger partial charge on any atom is 0.343 e. The summed E-state index contributed by atoms with van der Waals surface area (Å²) in [7, 11) is 0. The minimum absolute atomic E-state index is 0.343. The lowest BCUT2D eigenvalue weighted by molar-refractivity contribution is 0.0624. The van der Waals surface area contributed by atoms with Gasteiger partial charge in [0.2, 0.25) is 0 Å². The van der Waals surface area contributed by atoms with E-state index >= 15 is 0 Å². The first-order valence-electron chi connectivity index (χ1n) is 5.21. The second kappa shape index (κ2) is 7.16. The summed E-state index contributed by atoms with van der Waals surface area (Å²) in [5.74, 6) is 0.117. The highest BCUT2D eigenvalue weighted by molar-refractivity contribution is 8.33. The Kier molecular flexibility index (Phi) is 6.18. The molecule has 0 aromatic heterocycles. The third-order valence-electron chi connectivity index (χ3n) is 2.37. The molecule has 0 spiro atoms. The Hall–Kier alpha value is -0.520. The number of ether oxygens (including phenoxy) is 1. The maximum atomic E-state index is 11.9. The number of hydrogen-bond donors (Lipinski definition) is 0. The van der Waals surface area contributed by atoms with Crippen LogP contribution in [0.5, 0.6) is 0 Å². The molecule has 0 N–H and O–H groups in total. The zero-order chi connectivity index (χ0) is 13.6. The highest BCUT2D eigenvalue weighted by Crippen LogP contribution is 2.48. The molecule has 1 aromatic carbocycles. The van der Waals surface area contributed by atoms with Crippen molar-refractivity contribution in [3.05, 3.63) is 48.2 Å². The summed E-state index contributed by atoms with van der Waals surface area (Å²) >= 11 is 4.84. The Morgan fingerprint density at radius 2 is 1.61 bits per heavy atom. The Balaban J connectivity index is 2.79. The first kappa shape index (κ1) is 15.5. The molecule has 0 fully saturated rings. The molecule has 0 bridgehead atoms. The highest BCUT2D eigenvalue weighted by Gasteiger charge is 2.34. The number of thioether (sulfide) groups is 3. The molecule has 0 unspecified atom stereocenters. The van der Waals surface area contributed by atoms with Crippen molar-refractivity contribution >= 4 is 41.3 Å². The number of carbonyl (C=O) groups excluding carboxylic acids is 1. The molecule has 2 nitrogen and oxygen atoms in total. The van der Waals surface area contributed by atoms with Crippen LogP contribution in [0.2, 0.25) is 0 Å². The van der Waals surface area contributed by atoms with E-state index in [1.165, 1.54) is 0 Å². The van der Waals surface area contributed by atoms with Crippen molar-refractivity contribution in [1.29, 1.82) is 0 Å². The molecule has 1 rings (SSSR count). The van der Waals surface area contributed by atoms with Crippen molar-refractivity contribution in [2.45, 2.75) is 3.41 Å². The molecule has 0 saturated carbocycles. The van der Waals surface area contributed by atoms with E-state index in [0.717, 1.165) is 0 Å². The van der Waals surface area contributed by atoms with E-state index in [0.29, 0.717) is 11.3 Å². The monoisotopic (exact) mass is 300 g/mol. The van der Waals surface area contributed by atoms with Crippen molar-refractivity contribution in [2.24, 2.45) is 0 Å². The standard InChI is InChI=1S/C13H16O2S3/c1-10(13(16-2,17-3)18-4)15-12(14)11-8-6-5-7-9-11/h5-9H,1H2,2-4H3. The molecule has 0 aliphatic rings. The van der Waals surface area contributed by atoms with E-state index in [4.69, 9.17) is 4.74 Å². The third-order valence-corrected chi connectivity index (χ3v) is 7.67. The lowest BCUT2D eigenvalue weighted by atomic mass is 10.2. The maximum absolute atomic E-state index is 11.9. The van der Waals surface area contributed by atoms with Gasteiger partial charge in [0, 0.05) is 0 Å². The first-order valence-corrected chi connectivity index (χ1v) is 8.89. The van der Waals surface area contributed by atoms with Crippen LogP contribution in [0.1, 0.15) is 10.4 Å². The number of carbonyl (C=O) groups is 1. The molecule has 0 aliphatic heterocycles. The van der Waals surface area contributed by atoms with Crippen LogP contribution in [0.3, 0.4) is 0 Å². The van der Waals surface area contributed by atoms with Crippen LogP contribution < -0.4 is 0 Å². The fourth-order valence-electron chi connectivity index (χ4n) is 1.40. The summed E-state index contributed by atoms with van der Waals surface area (Å²) in [6.45, 7) is 3.90. The van der Waals surface area contributed by atoms with Gasteiger partial charge in [-0.1, -0.05) is 24.8 Å². The van der Waals surface area contributed by atoms with Gasteiger partial charge < -0.3 is 4.74 Å². The average Bonchev–Trinajstić information content (AvgIpc) is 2.42. The zero-order valence-corrected chi connectivity index (χ0v) is 13.1. The molecule has 5 heteroatoms. The van der Waals surface area contributed by atoms with Crippen LogP contribution in [0, 0.1) is 0 Å². The van der Waals surface area contributed by atoms with E-state index in [9.17, 15) is 4.79 Å². The Morgan fingerprint density at radius 1 is 1.11 bits per heavy atom. The third kappa shape index (κ3) is 3.49. The van der Waals surface area contributed by atoms with Crippen molar-refractivity contribution in [1.82, 2.24) is 0 Å². The minimum Gasteiger partial charge on any atom is -0.425 e. The smallest absolute Gasteiger partial charge is 0.343 e. The second-order valence-corrected chi connectivity index (χ2v) is 7.18. The summed E-state index contributed by atoms with van der Waals surface area (Å²) in [6, 6.07) is 8.94. The van der Waals surface area contributed by atoms with Crippen molar-refractivity contribution in [3.63, 3.8) is 0 Å². The van der Waals surface area contributed by atoms with E-state index in [1.54, 1.807) is 47.4 Å². The van der Waals surface area contributed by atoms with Gasteiger partial charge in [0.1, 0.15) is 5.76 Å². The second-order valence-electron chi connectivity index (χ2n) is 3.35. The number of hydrogen-bond acceptors (Lipinski definition) is 5. The number of rotatable bonds is 6. The van der Waals surface area contributed by atoms with Gasteiger partial charge in [-0.3, -0.25) is 0 Å². The van der Waals surface area contributed by atoms with Crippen LogP contribution in [-0.2, 0) is 4.74 Å². The SMILES string of the molecule is C=C(OC(=O)c1ccccc1)C(SC)(SC)SC. The Bertz CT molecular complexity index is 405. The first-order chi connectivity index (χ1) is 8.59. The van der Waals surface area contributed by atoms with Gasteiger partial charge in [0.25, 0.3) is 0 Å². The summed E-state index contributed by atoms with van der Waals surface area (Å²) in [5, 5.41) is 0. The lowest BCUT2D eigenvalue weighted by Crippen LogP contribution is -2.21. The van der Waals surface area contributed by atoms with Crippen molar-refractivity contribution in [3.8, 4) is 0 Å². The van der Waals surface area contributed by atoms with Gasteiger partial charge in [-0.25, -0.2) is 4.79 Å². The molecule has 0 amide bonds. The molecule has 0 heterocycles. The zero-order valence-electron chi connectivity index (χ0n) is 10.6. The summed E-state index contributed by atoms with van der Waals surface area (Å²) < 4.78 is 5.04. The highest BCUT2D eigenvalue weighted by atomic mass is 32.3. The van der Waals surface area contributed by atoms with Crippen molar-refractivity contribution in [2.75, 3.05) is 18.8 Å². The number of benzene rings is 1. The summed E-state index contributed by atoms with van der Waals surface area (Å²) in [5.41, 5.74) is 0.538. The van der Waals surface area contributed by atoms with Gasteiger partial charge in [0.15, 0.2) is 3.41 Å². The van der Waals surface area contributed by atoms with Crippen LogP contribution in [-0.4, -0.2) is 28.1 Å². The molecule has 0 saturated heterocycles. The van der Waals surface area contributed by atoms with E-state index in [-0.39, 0.29) is 9.38 Å². The predicted octanol–water partition coefficient (Wildman–Crippen LogP) is 4.10. The quantitative estimate of drug-likeness (QED) is 0.448. The number of esters is 1. The van der Waals surface area contributed by atoms with Crippen LogP contribution in [0.4, 0.5) is 0 Å². The fourth-order valence-corrected chi connectivity index (χ4v) is 4.21.